The molecule has 1 rings (SSSR count). The van der Waals surface area contributed by atoms with Gasteiger partial charge >= 0.3 is 0 Å². The van der Waals surface area contributed by atoms with Crippen LogP contribution in [0.25, 0.3) is 0 Å². The fraction of sp³-hybridized carbons (Fsp3) is 1.00. The molecule has 0 saturated heterocycles. The van der Waals surface area contributed by atoms with Gasteiger partial charge in [-0.3, -0.25) is 10.4 Å². The summed E-state index contributed by atoms with van der Waals surface area (Å²) >= 11 is 0. The molecule has 0 aliphatic heterocycles. The monoisotopic (exact) mass is 170 g/mol. The van der Waals surface area contributed by atoms with Gasteiger partial charge < -0.3 is 0 Å². The normalized spacial score (nSPS) is 34.5. The first kappa shape index (κ1) is 10.0. The maximum atomic E-state index is 3.50. The summed E-state index contributed by atoms with van der Waals surface area (Å²) in [6.07, 6.45) is 2.67. The Labute approximate surface area is 76.3 Å². The molecule has 0 aromatic heterocycles. The van der Waals surface area contributed by atoms with Crippen LogP contribution in [0.15, 0.2) is 0 Å². The van der Waals surface area contributed by atoms with E-state index in [1.165, 1.54) is 12.8 Å². The summed E-state index contributed by atoms with van der Waals surface area (Å²) in [5, 5.41) is 2.07. The zero-order valence-corrected chi connectivity index (χ0v) is 9.02. The van der Waals surface area contributed by atoms with Gasteiger partial charge in [0.05, 0.1) is 0 Å². The third-order valence-electron chi connectivity index (χ3n) is 3.47. The Bertz CT molecular complexity index is 152. The first-order valence-electron chi connectivity index (χ1n) is 4.88. The van der Waals surface area contributed by atoms with Crippen LogP contribution < -0.4 is 5.43 Å². The van der Waals surface area contributed by atoms with Crippen molar-refractivity contribution in [1.29, 1.82) is 0 Å². The van der Waals surface area contributed by atoms with E-state index in [0.29, 0.717) is 11.5 Å². The first-order chi connectivity index (χ1) is 5.44. The number of nitrogens with zero attached hydrogens (tertiary/aromatic N) is 1. The molecule has 72 valence electrons. The Morgan fingerprint density at radius 2 is 1.83 bits per heavy atom. The van der Waals surface area contributed by atoms with E-state index in [1.807, 2.05) is 0 Å². The lowest BCUT2D eigenvalue weighted by Gasteiger charge is -2.33. The lowest BCUT2D eigenvalue weighted by atomic mass is 9.80. The summed E-state index contributed by atoms with van der Waals surface area (Å²) in [6, 6.07) is 0.655. The molecule has 1 saturated carbocycles. The summed E-state index contributed by atoms with van der Waals surface area (Å²) in [5.74, 6) is 0.843. The summed E-state index contributed by atoms with van der Waals surface area (Å²) in [4.78, 5) is 0. The molecule has 0 aromatic carbocycles. The van der Waals surface area contributed by atoms with Crippen LogP contribution in [0.1, 0.15) is 33.6 Å². The van der Waals surface area contributed by atoms with Crippen LogP contribution in [-0.2, 0) is 0 Å². The predicted molar refractivity (Wildman–Crippen MR) is 52.8 cm³/mol. The maximum Gasteiger partial charge on any atom is 0.0268 e. The van der Waals surface area contributed by atoms with E-state index < -0.39 is 0 Å². The standard InChI is InChI=1S/C10H22N2/c1-8-6-7-9(10(8,2)3)11-12(4)5/h8-9,11H,6-7H2,1-5H3/t8-,9+/m1/s1. The third kappa shape index (κ3) is 1.80. The Morgan fingerprint density at radius 3 is 2.17 bits per heavy atom. The van der Waals surface area contributed by atoms with Gasteiger partial charge in [0.25, 0.3) is 0 Å². The number of rotatable bonds is 2. The second kappa shape index (κ2) is 3.35. The molecule has 0 heterocycles. The van der Waals surface area contributed by atoms with Gasteiger partial charge in [0.15, 0.2) is 0 Å². The summed E-state index contributed by atoms with van der Waals surface area (Å²) in [6.45, 7) is 7.09. The van der Waals surface area contributed by atoms with Crippen LogP contribution in [0.2, 0.25) is 0 Å². The fourth-order valence-electron chi connectivity index (χ4n) is 2.05. The molecule has 1 N–H and O–H groups in total. The van der Waals surface area contributed by atoms with E-state index >= 15 is 0 Å². The van der Waals surface area contributed by atoms with Crippen LogP contribution in [0, 0.1) is 11.3 Å². The Morgan fingerprint density at radius 1 is 1.25 bits per heavy atom. The number of nitrogens with one attached hydrogen (secondary N) is 1. The minimum atomic E-state index is 0.449. The molecule has 1 aliphatic carbocycles. The molecular formula is C10H22N2. The molecule has 0 aromatic rings. The van der Waals surface area contributed by atoms with Crippen molar-refractivity contribution in [1.82, 2.24) is 10.4 Å². The molecular weight excluding hydrogens is 148 g/mol. The summed E-state index contributed by atoms with van der Waals surface area (Å²) in [5.41, 5.74) is 3.94. The van der Waals surface area contributed by atoms with Gasteiger partial charge in [0, 0.05) is 20.1 Å². The van der Waals surface area contributed by atoms with Crippen LogP contribution in [0.5, 0.6) is 0 Å². The van der Waals surface area contributed by atoms with Crippen molar-refractivity contribution in [3.8, 4) is 0 Å². The fourth-order valence-corrected chi connectivity index (χ4v) is 2.05. The second-order valence-electron chi connectivity index (χ2n) is 4.88. The van der Waals surface area contributed by atoms with Crippen molar-refractivity contribution in [2.45, 2.75) is 39.7 Å². The van der Waals surface area contributed by atoms with E-state index in [1.54, 1.807) is 0 Å². The lowest BCUT2D eigenvalue weighted by Crippen LogP contribution is -2.46. The van der Waals surface area contributed by atoms with Gasteiger partial charge in [-0.2, -0.15) is 0 Å². The SMILES string of the molecule is C[C@@H]1CC[C@H](NN(C)C)C1(C)C. The van der Waals surface area contributed by atoms with Crippen LogP contribution in [-0.4, -0.2) is 25.1 Å². The quantitative estimate of drug-likeness (QED) is 0.637. The van der Waals surface area contributed by atoms with Crippen molar-refractivity contribution >= 4 is 0 Å². The van der Waals surface area contributed by atoms with E-state index in [2.05, 4.69) is 45.3 Å². The molecule has 0 spiro atoms. The highest BCUT2D eigenvalue weighted by Crippen LogP contribution is 2.42. The average Bonchev–Trinajstić information content (AvgIpc) is 2.15. The van der Waals surface area contributed by atoms with Crippen molar-refractivity contribution in [2.24, 2.45) is 11.3 Å². The highest BCUT2D eigenvalue weighted by atomic mass is 15.5. The van der Waals surface area contributed by atoms with Crippen molar-refractivity contribution in [3.05, 3.63) is 0 Å². The van der Waals surface area contributed by atoms with Crippen molar-refractivity contribution in [3.63, 3.8) is 0 Å². The predicted octanol–water partition coefficient (Wildman–Crippen LogP) is 1.88. The molecule has 2 atom stereocenters. The zero-order valence-electron chi connectivity index (χ0n) is 9.02. The van der Waals surface area contributed by atoms with Gasteiger partial charge in [0.1, 0.15) is 0 Å². The topological polar surface area (TPSA) is 15.3 Å². The van der Waals surface area contributed by atoms with E-state index in [0.717, 1.165) is 5.92 Å². The molecule has 1 aliphatic rings. The zero-order chi connectivity index (χ0) is 9.35. The molecule has 0 radical (unpaired) electrons. The highest BCUT2D eigenvalue weighted by Gasteiger charge is 2.40. The Balaban J connectivity index is 2.56. The van der Waals surface area contributed by atoms with E-state index in [-0.39, 0.29) is 0 Å². The van der Waals surface area contributed by atoms with E-state index in [9.17, 15) is 0 Å². The van der Waals surface area contributed by atoms with E-state index in [4.69, 9.17) is 0 Å². The minimum absolute atomic E-state index is 0.449. The van der Waals surface area contributed by atoms with Crippen LogP contribution in [0.4, 0.5) is 0 Å². The third-order valence-corrected chi connectivity index (χ3v) is 3.47. The second-order valence-corrected chi connectivity index (χ2v) is 4.88. The molecule has 0 amide bonds. The highest BCUT2D eigenvalue weighted by molar-refractivity contribution is 4.93. The maximum absolute atomic E-state index is 3.50. The molecule has 12 heavy (non-hydrogen) atoms. The van der Waals surface area contributed by atoms with Gasteiger partial charge in [-0.1, -0.05) is 20.8 Å². The molecule has 2 nitrogen and oxygen atoms in total. The number of hydrazine groups is 1. The molecule has 0 unspecified atom stereocenters. The number of hydrogen-bond acceptors (Lipinski definition) is 2. The number of hydrogen-bond donors (Lipinski definition) is 1. The van der Waals surface area contributed by atoms with Crippen LogP contribution in [0.3, 0.4) is 0 Å². The van der Waals surface area contributed by atoms with Gasteiger partial charge in [-0.05, 0) is 24.2 Å². The van der Waals surface area contributed by atoms with Crippen LogP contribution >= 0.6 is 0 Å². The minimum Gasteiger partial charge on any atom is -0.252 e. The smallest absolute Gasteiger partial charge is 0.0268 e. The molecule has 1 fully saturated rings. The average molecular weight is 170 g/mol. The van der Waals surface area contributed by atoms with Gasteiger partial charge in [-0.15, -0.1) is 0 Å². The van der Waals surface area contributed by atoms with Crippen molar-refractivity contribution < 1.29 is 0 Å². The van der Waals surface area contributed by atoms with Gasteiger partial charge in [-0.25, -0.2) is 0 Å². The Kier molecular flexibility index (Phi) is 2.79. The summed E-state index contributed by atoms with van der Waals surface area (Å²) in [7, 11) is 4.14. The molecule has 2 heteroatoms. The largest absolute Gasteiger partial charge is 0.252 e. The summed E-state index contributed by atoms with van der Waals surface area (Å²) < 4.78 is 0. The molecule has 0 bridgehead atoms. The van der Waals surface area contributed by atoms with Crippen molar-refractivity contribution in [2.75, 3.05) is 14.1 Å². The van der Waals surface area contributed by atoms with Gasteiger partial charge in [0.2, 0.25) is 0 Å². The Hall–Kier alpha value is -0.0800. The lowest BCUT2D eigenvalue weighted by molar-refractivity contribution is 0.142. The first-order valence-corrected chi connectivity index (χ1v) is 4.88.